The molecule has 0 fully saturated rings. The van der Waals surface area contributed by atoms with Crippen LogP contribution >= 0.6 is 68.5 Å². The van der Waals surface area contributed by atoms with E-state index in [1.807, 2.05) is 37.1 Å². The number of aromatic nitrogens is 8. The molecule has 502 valence electrons. The highest BCUT2D eigenvalue weighted by atomic mass is 35.5. The Morgan fingerprint density at radius 3 is 1.76 bits per heavy atom. The van der Waals surface area contributed by atoms with Gasteiger partial charge in [0, 0.05) is 43.6 Å². The van der Waals surface area contributed by atoms with E-state index >= 15 is 0 Å². The van der Waals surface area contributed by atoms with Gasteiger partial charge in [0.15, 0.2) is 11.5 Å². The number of carbonyl (C=O) groups is 5. The number of rotatable bonds is 17. The molecule has 0 aliphatic carbocycles. The minimum Gasteiger partial charge on any atom is -0.470 e. The number of nitrogen functional groups attached to an aromatic ring is 1. The number of Topliss-reactive ketones (excluding diaryl/α,β-unsaturated/α-hetero) is 1. The van der Waals surface area contributed by atoms with E-state index in [0.717, 1.165) is 76.0 Å². The summed E-state index contributed by atoms with van der Waals surface area (Å²) in [7, 11) is 3.42. The van der Waals surface area contributed by atoms with Gasteiger partial charge in [0.25, 0.3) is 0 Å². The lowest BCUT2D eigenvalue weighted by molar-refractivity contribution is -0.384. The molecule has 1 unspecified atom stereocenters. The van der Waals surface area contributed by atoms with Gasteiger partial charge >= 0.3 is 47.9 Å². The normalized spacial score (nSPS) is 10.7. The molecule has 0 saturated heterocycles. The molecule has 0 radical (unpaired) electrons. The average molecular weight is 1410 g/mol. The second-order valence-corrected chi connectivity index (χ2v) is 22.1. The number of nitro groups is 1. The smallest absolute Gasteiger partial charge is 0.413 e. The van der Waals surface area contributed by atoms with Gasteiger partial charge in [0.2, 0.25) is 22.3 Å². The number of anilines is 5. The first-order valence-corrected chi connectivity index (χ1v) is 32.0. The van der Waals surface area contributed by atoms with Gasteiger partial charge in [-0.2, -0.15) is 29.1 Å². The number of amides is 1. The number of nitrogens with zero attached hydrogens (tertiary/aromatic N) is 14. The van der Waals surface area contributed by atoms with E-state index in [-0.39, 0.29) is 84.4 Å². The summed E-state index contributed by atoms with van der Waals surface area (Å²) < 4.78 is 13.9. The number of halogens is 2. The summed E-state index contributed by atoms with van der Waals surface area (Å²) >= 11 is 17.8. The fourth-order valence-electron chi connectivity index (χ4n) is 6.83. The number of thiazole rings is 4. The van der Waals surface area contributed by atoms with Gasteiger partial charge < -0.3 is 39.8 Å². The number of ketones is 1. The Kier molecular flexibility index (Phi) is 41.4. The molecule has 0 saturated carbocycles. The fraction of sp³-hybridized carbons (Fsp3) is 0.464. The molecule has 1 amide bonds. The Bertz CT molecular complexity index is 3580. The van der Waals surface area contributed by atoms with E-state index in [2.05, 4.69) is 104 Å². The van der Waals surface area contributed by atoms with E-state index < -0.39 is 34.8 Å². The van der Waals surface area contributed by atoms with Crippen molar-refractivity contribution in [3.8, 4) is 0 Å². The van der Waals surface area contributed by atoms with Crippen LogP contribution in [0.1, 0.15) is 145 Å². The second-order valence-electron chi connectivity index (χ2n) is 17.1. The molecule has 1 aliphatic heterocycles. The van der Waals surface area contributed by atoms with Crippen molar-refractivity contribution < 1.29 is 67.5 Å². The summed E-state index contributed by atoms with van der Waals surface area (Å²) in [5, 5.41) is 30.1. The van der Waals surface area contributed by atoms with E-state index in [4.69, 9.17) is 71.2 Å². The Labute approximate surface area is 562 Å². The third-order valence-corrected chi connectivity index (χ3v) is 16.5. The highest BCUT2D eigenvalue weighted by Gasteiger charge is 2.31. The molecule has 4 N–H and O–H groups in total. The number of hydrogen-bond donors (Lipinski definition) is 3. The van der Waals surface area contributed by atoms with Gasteiger partial charge in [-0.1, -0.05) is 62.0 Å². The molecule has 93 heavy (non-hydrogen) atoms. The van der Waals surface area contributed by atoms with Crippen molar-refractivity contribution in [1.82, 2.24) is 45.2 Å². The van der Waals surface area contributed by atoms with Crippen molar-refractivity contribution in [3.05, 3.63) is 109 Å². The number of nitrogens with two attached hydrogens (primary N) is 1. The maximum atomic E-state index is 12.3. The molecule has 0 spiro atoms. The van der Waals surface area contributed by atoms with Crippen LogP contribution in [-0.4, -0.2) is 138 Å². The van der Waals surface area contributed by atoms with Crippen LogP contribution in [0.15, 0.2) is 17.5 Å². The molecule has 1 aliphatic rings. The number of esters is 3. The van der Waals surface area contributed by atoms with Crippen molar-refractivity contribution in [2.75, 3.05) is 49.4 Å². The number of nitrogens with one attached hydrogen (secondary N) is 1. The zero-order valence-electron chi connectivity index (χ0n) is 53.1. The molecule has 37 heteroatoms. The summed E-state index contributed by atoms with van der Waals surface area (Å²) in [6, 6.07) is 0. The SMILES string of the molecule is CCOC(=O)c1nc(CC)sc1N(C)c1nc(Cl)ncc1[N+](=O)[O-].CCc1nc(CC)c(CC)s1.CCc1nc(CC)c(N)s1.CCc1nc2c(s1)N(C)c1nc(Cl)ncc1CC2=O.O=C=O.O=C=O.[C-]#[N+]/C(=N\O)C(=O)OCC.[C-]#[N+]C(NC(=O)CC)C(=O)OCC. The number of hydrogen-bond acceptors (Lipinski definition) is 31. The zero-order valence-corrected chi connectivity index (χ0v) is 57.9. The van der Waals surface area contributed by atoms with Gasteiger partial charge in [-0.05, 0) is 88.9 Å². The van der Waals surface area contributed by atoms with Crippen LogP contribution in [-0.2, 0) is 99.1 Å². The van der Waals surface area contributed by atoms with Gasteiger partial charge in [0.05, 0.1) is 61.3 Å². The number of fused-ring (bicyclic) bond motifs is 2. The summed E-state index contributed by atoms with van der Waals surface area (Å²) in [5.41, 5.74) is 9.12. The van der Waals surface area contributed by atoms with Crippen LogP contribution < -0.4 is 20.9 Å². The highest BCUT2D eigenvalue weighted by Crippen LogP contribution is 2.39. The van der Waals surface area contributed by atoms with Crippen LogP contribution in [0, 0.1) is 23.3 Å². The van der Waals surface area contributed by atoms with Crippen LogP contribution in [0.5, 0.6) is 0 Å². The Morgan fingerprint density at radius 2 is 1.30 bits per heavy atom. The lowest BCUT2D eigenvalue weighted by Gasteiger charge is -2.16. The summed E-state index contributed by atoms with van der Waals surface area (Å²) in [4.78, 5) is 143. The predicted octanol–water partition coefficient (Wildman–Crippen LogP) is 9.75. The van der Waals surface area contributed by atoms with Crippen molar-refractivity contribution in [2.45, 2.75) is 140 Å². The standard InChI is InChI=1S/C13H14ClN5O4S.C12H11ClN4OS.C9H15NS.C8H12N2O3.C7H12N2S.C5H6N2O3.2CO2/c1-4-8-16-9(12(20)23-5-2)11(24-8)18(3)10-7(19(21)22)6-15-13(14)17-10;1-3-8-15-9-7(18)4-6-5-14-12(13)16-10(6)17(2)11(9)19-8;1-4-7-8(5-2)11-9(6-3)10-7;1-4-6(11)10-7(9-3)8(12)13-5-2;1-3-5-7(8)10-6(4-2)9-5;1-3-10-5(8)4(6-2)7-9;2*2-1-3/h6H,4-5H2,1-3H3;5H,3-4H2,1-2H3;4-6H2,1-3H3;7H,4-5H2,1-2H3,(H,10,11);3-4,8H2,1-2H3;9H,3H2,1H3;;/b;;;;;7-4-;;. The molecule has 7 heterocycles. The van der Waals surface area contributed by atoms with Crippen molar-refractivity contribution in [3.63, 3.8) is 0 Å². The first-order chi connectivity index (χ1) is 44.3. The monoisotopic (exact) mass is 1400 g/mol. The topological polar surface area (TPSA) is 413 Å². The Balaban J connectivity index is 0.00000111. The minimum atomic E-state index is -1.20. The van der Waals surface area contributed by atoms with Crippen molar-refractivity contribution >= 4 is 149 Å². The van der Waals surface area contributed by atoms with Crippen molar-refractivity contribution in [1.29, 1.82) is 0 Å². The zero-order chi connectivity index (χ0) is 70.9. The molecule has 7 rings (SSSR count). The summed E-state index contributed by atoms with van der Waals surface area (Å²) in [6.07, 6.45) is 9.10. The molecular weight excluding hydrogens is 1340 g/mol. The number of oxime groups is 1. The highest BCUT2D eigenvalue weighted by molar-refractivity contribution is 7.16. The third kappa shape index (κ3) is 27.7. The van der Waals surface area contributed by atoms with E-state index in [0.29, 0.717) is 27.9 Å². The van der Waals surface area contributed by atoms with Crippen LogP contribution in [0.3, 0.4) is 0 Å². The Hall–Kier alpha value is -9.18. The van der Waals surface area contributed by atoms with E-state index in [1.54, 1.807) is 52.3 Å². The fourth-order valence-corrected chi connectivity index (χ4v) is 10.9. The molecule has 0 aromatic carbocycles. The van der Waals surface area contributed by atoms with Crippen LogP contribution in [0.2, 0.25) is 10.6 Å². The van der Waals surface area contributed by atoms with Gasteiger partial charge in [-0.3, -0.25) is 34.7 Å². The van der Waals surface area contributed by atoms with E-state index in [1.165, 1.54) is 43.2 Å². The number of ether oxygens (including phenoxy) is 3. The van der Waals surface area contributed by atoms with Gasteiger partial charge in [-0.15, -0.1) is 45.3 Å². The van der Waals surface area contributed by atoms with Crippen LogP contribution in [0.4, 0.5) is 32.3 Å². The third-order valence-electron chi connectivity index (χ3n) is 11.1. The summed E-state index contributed by atoms with van der Waals surface area (Å²) in [6.45, 7) is 34.7. The maximum Gasteiger partial charge on any atom is 0.413 e. The predicted molar refractivity (Wildman–Crippen MR) is 347 cm³/mol. The molecule has 31 nitrogen and oxygen atoms in total. The lowest BCUT2D eigenvalue weighted by Crippen LogP contribution is -2.39. The number of carbonyl (C=O) groups excluding carboxylic acids is 9. The summed E-state index contributed by atoms with van der Waals surface area (Å²) in [5.74, 6) is -2.55. The van der Waals surface area contributed by atoms with Crippen molar-refractivity contribution in [2.24, 2.45) is 5.16 Å². The largest absolute Gasteiger partial charge is 0.470 e. The molecule has 6 aromatic heterocycles. The molecule has 6 aromatic rings. The first kappa shape index (κ1) is 83.8. The second kappa shape index (κ2) is 46.0. The quantitative estimate of drug-likeness (QED) is 0.00879. The van der Waals surface area contributed by atoms with Gasteiger partial charge in [-0.25, -0.2) is 46.1 Å². The van der Waals surface area contributed by atoms with Gasteiger partial charge in [0.1, 0.15) is 32.7 Å². The number of aryl methyl sites for hydroxylation is 7. The molecular formula is C56H70Cl2N16O15S4. The average Bonchev–Trinajstić information content (AvgIpc) is 1.69. The molecule has 0 bridgehead atoms. The molecule has 1 atom stereocenters. The van der Waals surface area contributed by atoms with Crippen LogP contribution in [0.25, 0.3) is 9.69 Å². The number of amidine groups is 1. The Morgan fingerprint density at radius 1 is 0.774 bits per heavy atom. The maximum absolute atomic E-state index is 12.3. The lowest BCUT2D eigenvalue weighted by atomic mass is 10.1. The minimum absolute atomic E-state index is 0.00229. The van der Waals surface area contributed by atoms with E-state index in [9.17, 15) is 34.1 Å². The first-order valence-electron chi connectivity index (χ1n) is 28.0.